The zero-order valence-corrected chi connectivity index (χ0v) is 12.7. The van der Waals surface area contributed by atoms with Crippen LogP contribution >= 0.6 is 0 Å². The molecule has 108 valence electrons. The molecule has 4 rings (SSSR count). The maximum absolute atomic E-state index is 6.05. The van der Waals surface area contributed by atoms with Crippen molar-refractivity contribution in [3.63, 3.8) is 0 Å². The summed E-state index contributed by atoms with van der Waals surface area (Å²) in [4.78, 5) is 2.28. The summed E-state index contributed by atoms with van der Waals surface area (Å²) >= 11 is 0. The molecule has 0 fully saturated rings. The first-order valence-electron chi connectivity index (χ1n) is 7.47. The SMILES string of the molecule is Cc1ccc(N2c3ccccc3Oc3ccccc32)c(C)c1. The molecule has 2 nitrogen and oxygen atoms in total. The summed E-state index contributed by atoms with van der Waals surface area (Å²) < 4.78 is 6.05. The second kappa shape index (κ2) is 4.92. The normalized spacial score (nSPS) is 12.4. The predicted molar refractivity (Wildman–Crippen MR) is 90.7 cm³/mol. The zero-order chi connectivity index (χ0) is 15.1. The van der Waals surface area contributed by atoms with Crippen molar-refractivity contribution in [2.75, 3.05) is 4.90 Å². The Morgan fingerprint density at radius 3 is 1.86 bits per heavy atom. The lowest BCUT2D eigenvalue weighted by Crippen LogP contribution is -2.16. The number of hydrogen-bond acceptors (Lipinski definition) is 2. The third-order valence-electron chi connectivity index (χ3n) is 4.03. The summed E-state index contributed by atoms with van der Waals surface area (Å²) in [6.07, 6.45) is 0. The van der Waals surface area contributed by atoms with Gasteiger partial charge in [-0.05, 0) is 49.7 Å². The van der Waals surface area contributed by atoms with Crippen molar-refractivity contribution < 1.29 is 4.74 Å². The minimum absolute atomic E-state index is 0.890. The van der Waals surface area contributed by atoms with E-state index in [0.717, 1.165) is 22.9 Å². The van der Waals surface area contributed by atoms with Gasteiger partial charge in [0.1, 0.15) is 0 Å². The minimum atomic E-state index is 0.890. The highest BCUT2D eigenvalue weighted by atomic mass is 16.5. The van der Waals surface area contributed by atoms with Crippen molar-refractivity contribution in [2.24, 2.45) is 0 Å². The molecule has 3 aromatic carbocycles. The van der Waals surface area contributed by atoms with E-state index in [4.69, 9.17) is 4.74 Å². The number of para-hydroxylation sites is 4. The van der Waals surface area contributed by atoms with Gasteiger partial charge in [-0.25, -0.2) is 0 Å². The fourth-order valence-corrected chi connectivity index (χ4v) is 3.02. The number of ether oxygens (including phenoxy) is 1. The molecule has 2 heteroatoms. The van der Waals surface area contributed by atoms with Gasteiger partial charge in [-0.3, -0.25) is 0 Å². The van der Waals surface area contributed by atoms with Gasteiger partial charge < -0.3 is 9.64 Å². The van der Waals surface area contributed by atoms with Gasteiger partial charge in [0.25, 0.3) is 0 Å². The smallest absolute Gasteiger partial charge is 0.151 e. The van der Waals surface area contributed by atoms with E-state index in [1.807, 2.05) is 36.4 Å². The van der Waals surface area contributed by atoms with E-state index in [0.29, 0.717) is 0 Å². The van der Waals surface area contributed by atoms with E-state index >= 15 is 0 Å². The Morgan fingerprint density at radius 2 is 1.27 bits per heavy atom. The first kappa shape index (κ1) is 13.0. The van der Waals surface area contributed by atoms with Crippen LogP contribution in [0.5, 0.6) is 11.5 Å². The van der Waals surface area contributed by atoms with Crippen LogP contribution in [0.25, 0.3) is 0 Å². The van der Waals surface area contributed by atoms with Gasteiger partial charge in [0.15, 0.2) is 11.5 Å². The molecule has 0 atom stereocenters. The van der Waals surface area contributed by atoms with Crippen molar-refractivity contribution in [2.45, 2.75) is 13.8 Å². The van der Waals surface area contributed by atoms with Gasteiger partial charge in [0.05, 0.1) is 11.4 Å². The van der Waals surface area contributed by atoms with Crippen LogP contribution in [-0.4, -0.2) is 0 Å². The minimum Gasteiger partial charge on any atom is -0.453 e. The average molecular weight is 287 g/mol. The summed E-state index contributed by atoms with van der Waals surface area (Å²) in [5, 5.41) is 0. The molecule has 1 aliphatic heterocycles. The maximum Gasteiger partial charge on any atom is 0.151 e. The second-order valence-electron chi connectivity index (χ2n) is 5.66. The summed E-state index contributed by atoms with van der Waals surface area (Å²) in [5.74, 6) is 1.78. The van der Waals surface area contributed by atoms with E-state index in [1.165, 1.54) is 16.8 Å². The molecule has 1 aliphatic rings. The van der Waals surface area contributed by atoms with Crippen molar-refractivity contribution in [3.05, 3.63) is 77.9 Å². The quantitative estimate of drug-likeness (QED) is 0.433. The molecule has 0 N–H and O–H groups in total. The second-order valence-corrected chi connectivity index (χ2v) is 5.66. The van der Waals surface area contributed by atoms with Crippen molar-refractivity contribution in [3.8, 4) is 11.5 Å². The van der Waals surface area contributed by atoms with Crippen LogP contribution in [0, 0.1) is 13.8 Å². The molecule has 0 spiro atoms. The molecular formula is C20H17NO. The molecule has 0 aromatic heterocycles. The van der Waals surface area contributed by atoms with E-state index in [1.54, 1.807) is 0 Å². The Bertz CT molecular complexity index is 808. The van der Waals surface area contributed by atoms with Crippen molar-refractivity contribution in [1.82, 2.24) is 0 Å². The van der Waals surface area contributed by atoms with Gasteiger partial charge in [-0.2, -0.15) is 0 Å². The average Bonchev–Trinajstić information content (AvgIpc) is 2.53. The Kier molecular flexibility index (Phi) is 2.90. The van der Waals surface area contributed by atoms with E-state index in [-0.39, 0.29) is 0 Å². The highest BCUT2D eigenvalue weighted by molar-refractivity contribution is 5.87. The van der Waals surface area contributed by atoms with E-state index in [2.05, 4.69) is 49.1 Å². The molecule has 0 aliphatic carbocycles. The Labute approximate surface area is 130 Å². The number of aryl methyl sites for hydroxylation is 2. The Balaban J connectivity index is 1.98. The molecule has 0 saturated carbocycles. The monoisotopic (exact) mass is 287 g/mol. The molecular weight excluding hydrogens is 270 g/mol. The number of benzene rings is 3. The number of hydrogen-bond donors (Lipinski definition) is 0. The van der Waals surface area contributed by atoms with E-state index < -0.39 is 0 Å². The van der Waals surface area contributed by atoms with Crippen LogP contribution in [0.1, 0.15) is 11.1 Å². The third-order valence-corrected chi connectivity index (χ3v) is 4.03. The van der Waals surface area contributed by atoms with Crippen LogP contribution in [-0.2, 0) is 0 Å². The summed E-state index contributed by atoms with van der Waals surface area (Å²) in [7, 11) is 0. The van der Waals surface area contributed by atoms with Crippen molar-refractivity contribution in [1.29, 1.82) is 0 Å². The lowest BCUT2D eigenvalue weighted by atomic mass is 10.1. The third kappa shape index (κ3) is 1.96. The molecule has 22 heavy (non-hydrogen) atoms. The van der Waals surface area contributed by atoms with Gasteiger partial charge in [0, 0.05) is 5.69 Å². The number of rotatable bonds is 1. The summed E-state index contributed by atoms with van der Waals surface area (Å²) in [6.45, 7) is 4.28. The topological polar surface area (TPSA) is 12.5 Å². The van der Waals surface area contributed by atoms with Crippen molar-refractivity contribution >= 4 is 17.1 Å². The Morgan fingerprint density at radius 1 is 0.682 bits per heavy atom. The molecule has 0 amide bonds. The number of nitrogens with zero attached hydrogens (tertiary/aromatic N) is 1. The summed E-state index contributed by atoms with van der Waals surface area (Å²) in [6, 6.07) is 22.9. The molecule has 0 radical (unpaired) electrons. The maximum atomic E-state index is 6.05. The highest BCUT2D eigenvalue weighted by Crippen LogP contribution is 2.50. The number of anilines is 3. The van der Waals surface area contributed by atoms with Crippen LogP contribution in [0.2, 0.25) is 0 Å². The molecule has 0 unspecified atom stereocenters. The van der Waals surface area contributed by atoms with Gasteiger partial charge in [0.2, 0.25) is 0 Å². The fraction of sp³-hybridized carbons (Fsp3) is 0.100. The van der Waals surface area contributed by atoms with E-state index in [9.17, 15) is 0 Å². The molecule has 0 bridgehead atoms. The van der Waals surface area contributed by atoms with Gasteiger partial charge >= 0.3 is 0 Å². The Hall–Kier alpha value is -2.74. The summed E-state index contributed by atoms with van der Waals surface area (Å²) in [5.41, 5.74) is 5.87. The van der Waals surface area contributed by atoms with Gasteiger partial charge in [-0.1, -0.05) is 42.0 Å². The molecule has 0 saturated heterocycles. The predicted octanol–water partition coefficient (Wildman–Crippen LogP) is 5.88. The first-order chi connectivity index (χ1) is 10.7. The van der Waals surface area contributed by atoms with Crippen LogP contribution in [0.4, 0.5) is 17.1 Å². The van der Waals surface area contributed by atoms with Crippen LogP contribution in [0.3, 0.4) is 0 Å². The van der Waals surface area contributed by atoms with Crippen LogP contribution < -0.4 is 9.64 Å². The van der Waals surface area contributed by atoms with Crippen LogP contribution in [0.15, 0.2) is 66.7 Å². The lowest BCUT2D eigenvalue weighted by molar-refractivity contribution is 0.477. The van der Waals surface area contributed by atoms with Gasteiger partial charge in [-0.15, -0.1) is 0 Å². The number of fused-ring (bicyclic) bond motifs is 2. The first-order valence-corrected chi connectivity index (χ1v) is 7.47. The molecule has 3 aromatic rings. The molecule has 1 heterocycles. The largest absolute Gasteiger partial charge is 0.453 e. The highest BCUT2D eigenvalue weighted by Gasteiger charge is 2.25. The lowest BCUT2D eigenvalue weighted by Gasteiger charge is -2.33. The standard InChI is InChI=1S/C20H17NO/c1-14-11-12-16(15(2)13-14)21-17-7-3-5-9-19(17)22-20-10-6-4-8-18(20)21/h3-13H,1-2H3. The zero-order valence-electron chi connectivity index (χ0n) is 12.7. The fourth-order valence-electron chi connectivity index (χ4n) is 3.02.